The summed E-state index contributed by atoms with van der Waals surface area (Å²) < 4.78 is 15.5. The van der Waals surface area contributed by atoms with Crippen molar-refractivity contribution in [2.75, 3.05) is 46.7 Å². The first kappa shape index (κ1) is 17.3. The molecule has 0 saturated heterocycles. The van der Waals surface area contributed by atoms with Gasteiger partial charge in [-0.2, -0.15) is 0 Å². The average Bonchev–Trinajstić information content (AvgIpc) is 2.35. The molecule has 6 heteroatoms. The smallest absolute Gasteiger partial charge is 0.234 e. The number of hydrogen-bond acceptors (Lipinski definition) is 5. The highest BCUT2D eigenvalue weighted by atomic mass is 16.5. The van der Waals surface area contributed by atoms with Gasteiger partial charge >= 0.3 is 0 Å². The molecule has 1 amide bonds. The van der Waals surface area contributed by atoms with E-state index >= 15 is 0 Å². The molecule has 0 aliphatic carbocycles. The summed E-state index contributed by atoms with van der Waals surface area (Å²) in [6.45, 7) is 5.71. The van der Waals surface area contributed by atoms with Crippen molar-refractivity contribution in [3.05, 3.63) is 0 Å². The highest BCUT2D eigenvalue weighted by molar-refractivity contribution is 5.79. The molecule has 108 valence electrons. The van der Waals surface area contributed by atoms with Gasteiger partial charge in [-0.3, -0.25) is 4.79 Å². The fourth-order valence-electron chi connectivity index (χ4n) is 1.40. The van der Waals surface area contributed by atoms with E-state index in [1.165, 1.54) is 0 Å². The van der Waals surface area contributed by atoms with Crippen molar-refractivity contribution in [1.82, 2.24) is 5.32 Å². The fraction of sp³-hybridized carbons (Fsp3) is 0.917. The standard InChI is InChI=1S/C12H26N2O4/c1-3-14-11(12(13)15)5-8-17-6-4-7-18-10-9-16-2/h11,14H,3-10H2,1-2H3,(H2,13,15). The summed E-state index contributed by atoms with van der Waals surface area (Å²) >= 11 is 0. The van der Waals surface area contributed by atoms with Crippen molar-refractivity contribution in [2.24, 2.45) is 5.73 Å². The second-order valence-corrected chi connectivity index (χ2v) is 3.87. The van der Waals surface area contributed by atoms with E-state index in [0.29, 0.717) is 39.5 Å². The number of likely N-dealkylation sites (N-methyl/N-ethyl adjacent to an activating group) is 1. The molecule has 0 spiro atoms. The lowest BCUT2D eigenvalue weighted by Crippen LogP contribution is -2.41. The predicted molar refractivity (Wildman–Crippen MR) is 69.4 cm³/mol. The molecule has 0 bridgehead atoms. The highest BCUT2D eigenvalue weighted by Gasteiger charge is 2.12. The Labute approximate surface area is 109 Å². The van der Waals surface area contributed by atoms with Gasteiger partial charge in [0, 0.05) is 26.9 Å². The van der Waals surface area contributed by atoms with E-state index in [-0.39, 0.29) is 11.9 Å². The zero-order valence-electron chi connectivity index (χ0n) is 11.4. The second kappa shape index (κ2) is 12.8. The molecule has 0 aromatic carbocycles. The average molecular weight is 262 g/mol. The van der Waals surface area contributed by atoms with Crippen LogP contribution in [0.5, 0.6) is 0 Å². The lowest BCUT2D eigenvalue weighted by Gasteiger charge is -2.13. The van der Waals surface area contributed by atoms with Crippen LogP contribution >= 0.6 is 0 Å². The van der Waals surface area contributed by atoms with Crippen molar-refractivity contribution in [3.8, 4) is 0 Å². The van der Waals surface area contributed by atoms with Crippen LogP contribution in [-0.4, -0.2) is 58.6 Å². The maximum Gasteiger partial charge on any atom is 0.234 e. The van der Waals surface area contributed by atoms with Gasteiger partial charge in [0.05, 0.1) is 19.3 Å². The van der Waals surface area contributed by atoms with Gasteiger partial charge in [0.15, 0.2) is 0 Å². The summed E-state index contributed by atoms with van der Waals surface area (Å²) in [6.07, 6.45) is 1.44. The fourth-order valence-corrected chi connectivity index (χ4v) is 1.40. The molecule has 1 unspecified atom stereocenters. The zero-order valence-corrected chi connectivity index (χ0v) is 11.4. The van der Waals surface area contributed by atoms with Gasteiger partial charge in [-0.15, -0.1) is 0 Å². The van der Waals surface area contributed by atoms with E-state index in [4.69, 9.17) is 19.9 Å². The van der Waals surface area contributed by atoms with Crippen molar-refractivity contribution in [2.45, 2.75) is 25.8 Å². The van der Waals surface area contributed by atoms with Crippen molar-refractivity contribution in [3.63, 3.8) is 0 Å². The molecule has 0 aromatic heterocycles. The Balaban J connectivity index is 3.30. The quantitative estimate of drug-likeness (QED) is 0.453. The molecule has 0 aromatic rings. The summed E-state index contributed by atoms with van der Waals surface area (Å²) in [5.41, 5.74) is 5.24. The first-order chi connectivity index (χ1) is 8.72. The molecule has 18 heavy (non-hydrogen) atoms. The minimum atomic E-state index is -0.330. The number of nitrogens with two attached hydrogens (primary N) is 1. The van der Waals surface area contributed by atoms with Crippen LogP contribution in [0.4, 0.5) is 0 Å². The molecule has 0 rings (SSSR count). The number of primary amides is 1. The zero-order chi connectivity index (χ0) is 13.6. The van der Waals surface area contributed by atoms with Crippen molar-refractivity contribution < 1.29 is 19.0 Å². The van der Waals surface area contributed by atoms with Gasteiger partial charge in [0.25, 0.3) is 0 Å². The number of carbonyl (C=O) groups excluding carboxylic acids is 1. The van der Waals surface area contributed by atoms with Crippen LogP contribution < -0.4 is 11.1 Å². The first-order valence-corrected chi connectivity index (χ1v) is 6.39. The van der Waals surface area contributed by atoms with Crippen LogP contribution in [0.2, 0.25) is 0 Å². The van der Waals surface area contributed by atoms with Crippen molar-refractivity contribution >= 4 is 5.91 Å². The van der Waals surface area contributed by atoms with E-state index in [1.807, 2.05) is 6.92 Å². The number of methoxy groups -OCH3 is 1. The van der Waals surface area contributed by atoms with Gasteiger partial charge in [-0.05, 0) is 19.4 Å². The van der Waals surface area contributed by atoms with Crippen LogP contribution in [0.25, 0.3) is 0 Å². The Morgan fingerprint density at radius 3 is 2.39 bits per heavy atom. The Morgan fingerprint density at radius 2 is 1.83 bits per heavy atom. The minimum absolute atomic E-state index is 0.298. The Kier molecular flexibility index (Phi) is 12.3. The number of amides is 1. The largest absolute Gasteiger partial charge is 0.382 e. The number of ether oxygens (including phenoxy) is 3. The summed E-state index contributed by atoms with van der Waals surface area (Å²) in [5, 5.41) is 3.01. The van der Waals surface area contributed by atoms with E-state index < -0.39 is 0 Å². The number of rotatable bonds is 13. The third-order valence-corrected chi connectivity index (χ3v) is 2.35. The lowest BCUT2D eigenvalue weighted by atomic mass is 10.2. The number of carbonyl (C=O) groups is 1. The minimum Gasteiger partial charge on any atom is -0.382 e. The molecule has 0 fully saturated rings. The van der Waals surface area contributed by atoms with Gasteiger partial charge in [-0.1, -0.05) is 6.92 Å². The number of hydrogen-bond donors (Lipinski definition) is 2. The van der Waals surface area contributed by atoms with Crippen LogP contribution in [-0.2, 0) is 19.0 Å². The van der Waals surface area contributed by atoms with E-state index in [0.717, 1.165) is 13.0 Å². The van der Waals surface area contributed by atoms with Crippen LogP contribution in [0.1, 0.15) is 19.8 Å². The summed E-state index contributed by atoms with van der Waals surface area (Å²) in [4.78, 5) is 11.0. The maximum atomic E-state index is 11.0. The first-order valence-electron chi connectivity index (χ1n) is 6.39. The van der Waals surface area contributed by atoms with Gasteiger partial charge in [0.1, 0.15) is 0 Å². The van der Waals surface area contributed by atoms with Crippen LogP contribution in [0.3, 0.4) is 0 Å². The van der Waals surface area contributed by atoms with Crippen LogP contribution in [0.15, 0.2) is 0 Å². The molecule has 0 radical (unpaired) electrons. The molecule has 3 N–H and O–H groups in total. The third kappa shape index (κ3) is 10.5. The summed E-state index contributed by atoms with van der Waals surface area (Å²) in [7, 11) is 1.64. The molecular formula is C12H26N2O4. The second-order valence-electron chi connectivity index (χ2n) is 3.87. The van der Waals surface area contributed by atoms with Crippen molar-refractivity contribution in [1.29, 1.82) is 0 Å². The highest BCUT2D eigenvalue weighted by Crippen LogP contribution is 1.94. The maximum absolute atomic E-state index is 11.0. The molecule has 1 atom stereocenters. The van der Waals surface area contributed by atoms with Gasteiger partial charge in [0.2, 0.25) is 5.91 Å². The molecule has 0 aliphatic rings. The summed E-state index contributed by atoms with van der Waals surface area (Å²) in [5.74, 6) is -0.330. The lowest BCUT2D eigenvalue weighted by molar-refractivity contribution is -0.120. The Morgan fingerprint density at radius 1 is 1.17 bits per heavy atom. The molecule has 6 nitrogen and oxygen atoms in total. The molecule has 0 aliphatic heterocycles. The topological polar surface area (TPSA) is 82.8 Å². The molecule has 0 heterocycles. The van der Waals surface area contributed by atoms with E-state index in [1.54, 1.807) is 7.11 Å². The van der Waals surface area contributed by atoms with Crippen LogP contribution in [0, 0.1) is 0 Å². The van der Waals surface area contributed by atoms with Gasteiger partial charge in [-0.25, -0.2) is 0 Å². The normalized spacial score (nSPS) is 12.6. The monoisotopic (exact) mass is 262 g/mol. The van der Waals surface area contributed by atoms with E-state index in [2.05, 4.69) is 5.32 Å². The number of nitrogens with one attached hydrogen (secondary N) is 1. The van der Waals surface area contributed by atoms with Gasteiger partial charge < -0.3 is 25.3 Å². The van der Waals surface area contributed by atoms with E-state index in [9.17, 15) is 4.79 Å². The SMILES string of the molecule is CCNC(CCOCCCOCCOC)C(N)=O. The Hall–Kier alpha value is -0.690. The third-order valence-electron chi connectivity index (χ3n) is 2.35. The molecule has 0 saturated carbocycles. The Bertz CT molecular complexity index is 203. The summed E-state index contributed by atoms with van der Waals surface area (Å²) in [6, 6.07) is -0.298. The molecular weight excluding hydrogens is 236 g/mol. The predicted octanol–water partition coefficient (Wildman–Crippen LogP) is -0.0904.